The van der Waals surface area contributed by atoms with Gasteiger partial charge in [-0.2, -0.15) is 0 Å². The van der Waals surface area contributed by atoms with Crippen molar-refractivity contribution in [2.45, 2.75) is 32.4 Å². The Labute approximate surface area is 182 Å². The van der Waals surface area contributed by atoms with Crippen molar-refractivity contribution in [3.8, 4) is 5.75 Å². The van der Waals surface area contributed by atoms with E-state index >= 15 is 0 Å². The van der Waals surface area contributed by atoms with Crippen LogP contribution in [0.5, 0.6) is 5.75 Å². The fraction of sp³-hybridized carbons (Fsp3) is 0.435. The predicted octanol–water partition coefficient (Wildman–Crippen LogP) is 3.49. The van der Waals surface area contributed by atoms with Gasteiger partial charge in [0.15, 0.2) is 5.82 Å². The van der Waals surface area contributed by atoms with Crippen LogP contribution in [0.15, 0.2) is 48.5 Å². The molecule has 0 unspecified atom stereocenters. The van der Waals surface area contributed by atoms with Crippen molar-refractivity contribution in [3.63, 3.8) is 0 Å². The van der Waals surface area contributed by atoms with E-state index in [4.69, 9.17) is 4.74 Å². The zero-order valence-corrected chi connectivity index (χ0v) is 18.5. The van der Waals surface area contributed by atoms with Gasteiger partial charge in [-0.05, 0) is 61.5 Å². The molecule has 0 radical (unpaired) electrons. The van der Waals surface area contributed by atoms with Crippen molar-refractivity contribution in [1.29, 1.82) is 0 Å². The number of rotatable bonds is 5. The van der Waals surface area contributed by atoms with Crippen molar-refractivity contribution in [2.75, 3.05) is 38.2 Å². The van der Waals surface area contributed by atoms with Gasteiger partial charge in [-0.1, -0.05) is 18.2 Å². The van der Waals surface area contributed by atoms with E-state index < -0.39 is 0 Å². The van der Waals surface area contributed by atoms with Crippen LogP contribution in [-0.4, -0.2) is 58.4 Å². The van der Waals surface area contributed by atoms with Gasteiger partial charge >= 0.3 is 0 Å². The van der Waals surface area contributed by atoms with Crippen LogP contribution < -0.4 is 9.64 Å². The van der Waals surface area contributed by atoms with Gasteiger partial charge in [0, 0.05) is 37.4 Å². The van der Waals surface area contributed by atoms with E-state index in [1.54, 1.807) is 17.9 Å². The van der Waals surface area contributed by atoms with Crippen molar-refractivity contribution in [1.82, 2.24) is 25.1 Å². The van der Waals surface area contributed by atoms with E-state index in [0.717, 1.165) is 37.6 Å². The minimum atomic E-state index is -0.353. The average Bonchev–Trinajstić information content (AvgIpc) is 3.26. The lowest BCUT2D eigenvalue weighted by Crippen LogP contribution is -2.49. The van der Waals surface area contributed by atoms with Crippen LogP contribution in [0.2, 0.25) is 0 Å². The van der Waals surface area contributed by atoms with Crippen LogP contribution in [0.3, 0.4) is 0 Å². The predicted molar refractivity (Wildman–Crippen MR) is 118 cm³/mol. The number of halogens is 1. The first-order valence-electron chi connectivity index (χ1n) is 10.5. The first-order chi connectivity index (χ1) is 14.9. The smallest absolute Gasteiger partial charge is 0.173 e. The molecule has 1 aliphatic rings. The maximum atomic E-state index is 14.9. The summed E-state index contributed by atoms with van der Waals surface area (Å²) in [7, 11) is 1.67. The minimum absolute atomic E-state index is 0.242. The molecule has 1 aliphatic heterocycles. The summed E-state index contributed by atoms with van der Waals surface area (Å²) in [6.07, 6.45) is 0. The summed E-state index contributed by atoms with van der Waals surface area (Å²) >= 11 is 0. The molecule has 8 heteroatoms. The molecular weight excluding hydrogens is 395 g/mol. The van der Waals surface area contributed by atoms with Crippen molar-refractivity contribution < 1.29 is 9.13 Å². The normalized spacial score (nSPS) is 16.4. The molecule has 1 saturated heterocycles. The third kappa shape index (κ3) is 4.39. The largest absolute Gasteiger partial charge is 0.497 e. The fourth-order valence-corrected chi connectivity index (χ4v) is 4.07. The van der Waals surface area contributed by atoms with Crippen LogP contribution in [0.25, 0.3) is 0 Å². The second-order valence-electron chi connectivity index (χ2n) is 8.76. The number of hydrogen-bond donors (Lipinski definition) is 0. The third-order valence-electron chi connectivity index (χ3n) is 5.69. The monoisotopic (exact) mass is 424 g/mol. The number of piperazine rings is 1. The number of aromatic nitrogens is 4. The number of nitrogens with zero attached hydrogens (tertiary/aromatic N) is 6. The zero-order chi connectivity index (χ0) is 22.0. The number of tetrazole rings is 1. The Morgan fingerprint density at radius 2 is 1.65 bits per heavy atom. The Balaban J connectivity index is 1.62. The minimum Gasteiger partial charge on any atom is -0.497 e. The van der Waals surface area contributed by atoms with Gasteiger partial charge in [0.1, 0.15) is 17.6 Å². The van der Waals surface area contributed by atoms with Gasteiger partial charge in [-0.15, -0.1) is 5.10 Å². The molecule has 1 aromatic heterocycles. The molecule has 164 valence electrons. The SMILES string of the molecule is COc1ccc(N2CCN([C@H](c3ccccc3F)c3nnnn3C(C)(C)C)CC2)cc1. The number of hydrogen-bond acceptors (Lipinski definition) is 6. The molecule has 0 aliphatic carbocycles. The van der Waals surface area contributed by atoms with E-state index in [1.165, 1.54) is 6.07 Å². The topological polar surface area (TPSA) is 59.3 Å². The van der Waals surface area contributed by atoms with Crippen LogP contribution in [-0.2, 0) is 5.54 Å². The molecule has 7 nitrogen and oxygen atoms in total. The Kier molecular flexibility index (Phi) is 5.91. The highest BCUT2D eigenvalue weighted by atomic mass is 19.1. The zero-order valence-electron chi connectivity index (χ0n) is 18.5. The summed E-state index contributed by atoms with van der Waals surface area (Å²) in [5.74, 6) is 1.26. The number of methoxy groups -OCH3 is 1. The van der Waals surface area contributed by atoms with Crippen molar-refractivity contribution in [3.05, 3.63) is 65.7 Å². The van der Waals surface area contributed by atoms with Crippen LogP contribution in [0, 0.1) is 5.82 Å². The molecule has 0 bridgehead atoms. The molecule has 31 heavy (non-hydrogen) atoms. The maximum absolute atomic E-state index is 14.9. The average molecular weight is 425 g/mol. The molecule has 2 aromatic carbocycles. The summed E-state index contributed by atoms with van der Waals surface area (Å²) in [6, 6.07) is 14.6. The van der Waals surface area contributed by atoms with E-state index in [2.05, 4.69) is 37.5 Å². The van der Waals surface area contributed by atoms with Gasteiger partial charge in [-0.25, -0.2) is 9.07 Å². The molecule has 1 fully saturated rings. The summed E-state index contributed by atoms with van der Waals surface area (Å²) in [5, 5.41) is 12.5. The molecule has 0 amide bonds. The lowest BCUT2D eigenvalue weighted by molar-refractivity contribution is 0.188. The lowest BCUT2D eigenvalue weighted by Gasteiger charge is -2.40. The Bertz CT molecular complexity index is 1010. The van der Waals surface area contributed by atoms with Gasteiger partial charge < -0.3 is 9.64 Å². The van der Waals surface area contributed by atoms with Crippen LogP contribution in [0.4, 0.5) is 10.1 Å². The molecule has 2 heterocycles. The Hall–Kier alpha value is -3.00. The van der Waals surface area contributed by atoms with Crippen molar-refractivity contribution >= 4 is 5.69 Å². The van der Waals surface area contributed by atoms with Crippen molar-refractivity contribution in [2.24, 2.45) is 0 Å². The van der Waals surface area contributed by atoms with E-state index in [1.807, 2.05) is 45.0 Å². The second kappa shape index (κ2) is 8.63. The molecular formula is C23H29FN6O. The van der Waals surface area contributed by atoms with Crippen LogP contribution in [0.1, 0.15) is 38.2 Å². The molecule has 1 atom stereocenters. The molecule has 3 aromatic rings. The quantitative estimate of drug-likeness (QED) is 0.625. The standard InChI is InChI=1S/C23H29FN6O/c1-23(2,3)30-22(25-26-27-30)21(19-7-5-6-8-20(19)24)29-15-13-28(14-16-29)17-9-11-18(31-4)12-10-17/h5-12,21H,13-16H2,1-4H3/t21-/m1/s1. The van der Waals surface area contributed by atoms with Gasteiger partial charge in [0.05, 0.1) is 12.6 Å². The van der Waals surface area contributed by atoms with E-state index in [-0.39, 0.29) is 17.4 Å². The van der Waals surface area contributed by atoms with E-state index in [9.17, 15) is 4.39 Å². The summed E-state index contributed by atoms with van der Waals surface area (Å²) in [4.78, 5) is 4.60. The highest BCUT2D eigenvalue weighted by molar-refractivity contribution is 5.49. The summed E-state index contributed by atoms with van der Waals surface area (Å²) < 4.78 is 22.0. The van der Waals surface area contributed by atoms with Gasteiger partial charge in [-0.3, -0.25) is 4.90 Å². The summed E-state index contributed by atoms with van der Waals surface area (Å²) in [6.45, 7) is 9.33. The Morgan fingerprint density at radius 3 is 2.26 bits per heavy atom. The number of benzene rings is 2. The first-order valence-corrected chi connectivity index (χ1v) is 10.5. The second-order valence-corrected chi connectivity index (χ2v) is 8.76. The highest BCUT2D eigenvalue weighted by Gasteiger charge is 2.34. The third-order valence-corrected chi connectivity index (χ3v) is 5.69. The molecule has 0 spiro atoms. The molecule has 4 rings (SSSR count). The number of ether oxygens (including phenoxy) is 1. The van der Waals surface area contributed by atoms with Gasteiger partial charge in [0.2, 0.25) is 0 Å². The maximum Gasteiger partial charge on any atom is 0.173 e. The highest BCUT2D eigenvalue weighted by Crippen LogP contribution is 2.32. The molecule has 0 N–H and O–H groups in total. The van der Waals surface area contributed by atoms with Gasteiger partial charge in [0.25, 0.3) is 0 Å². The van der Waals surface area contributed by atoms with E-state index in [0.29, 0.717) is 11.4 Å². The fourth-order valence-electron chi connectivity index (χ4n) is 4.07. The number of anilines is 1. The summed E-state index contributed by atoms with van der Waals surface area (Å²) in [5.41, 5.74) is 1.44. The molecule has 0 saturated carbocycles. The van der Waals surface area contributed by atoms with Crippen LogP contribution >= 0.6 is 0 Å². The Morgan fingerprint density at radius 1 is 0.968 bits per heavy atom. The first kappa shape index (κ1) is 21.2. The lowest BCUT2D eigenvalue weighted by atomic mass is 10.0.